The second kappa shape index (κ2) is 9.53. The molecule has 1 amide bonds. The summed E-state index contributed by atoms with van der Waals surface area (Å²) in [5, 5.41) is 0. The molecule has 31 heavy (non-hydrogen) atoms. The number of carbonyl (C=O) groups excluding carboxylic acids is 1. The van der Waals surface area contributed by atoms with Gasteiger partial charge in [-0.15, -0.1) is 11.8 Å². The monoisotopic (exact) mass is 438 g/mol. The van der Waals surface area contributed by atoms with Gasteiger partial charge in [0, 0.05) is 36.7 Å². The maximum atomic E-state index is 12.9. The van der Waals surface area contributed by atoms with Crippen molar-refractivity contribution >= 4 is 17.7 Å². The molecule has 5 nitrogen and oxygen atoms in total. The lowest BCUT2D eigenvalue weighted by Crippen LogP contribution is -2.38. The number of hydrogen-bond donors (Lipinski definition) is 0. The Kier molecular flexibility index (Phi) is 6.37. The molecule has 0 unspecified atom stereocenters. The Morgan fingerprint density at radius 2 is 1.90 bits per heavy atom. The first kappa shape index (κ1) is 20.7. The Bertz CT molecular complexity index is 927. The van der Waals surface area contributed by atoms with Crippen molar-refractivity contribution in [2.75, 3.05) is 38.7 Å². The lowest BCUT2D eigenvalue weighted by atomic mass is 9.89. The smallest absolute Gasteiger partial charge is 0.231 e. The highest BCUT2D eigenvalue weighted by atomic mass is 32.2. The van der Waals surface area contributed by atoms with Crippen LogP contribution in [0.1, 0.15) is 30.4 Å². The Morgan fingerprint density at radius 1 is 1.03 bits per heavy atom. The summed E-state index contributed by atoms with van der Waals surface area (Å²) in [6.45, 7) is 4.94. The molecule has 0 N–H and O–H groups in total. The minimum Gasteiger partial charge on any atom is -0.454 e. The molecule has 3 heterocycles. The number of likely N-dealkylation sites (tertiary alicyclic amines) is 1. The van der Waals surface area contributed by atoms with Gasteiger partial charge in [-0.25, -0.2) is 0 Å². The van der Waals surface area contributed by atoms with Gasteiger partial charge < -0.3 is 19.3 Å². The molecule has 0 radical (unpaired) electrons. The van der Waals surface area contributed by atoms with Crippen molar-refractivity contribution in [3.63, 3.8) is 0 Å². The molecule has 0 atom stereocenters. The fourth-order valence-electron chi connectivity index (χ4n) is 4.83. The molecular weight excluding hydrogens is 408 g/mol. The van der Waals surface area contributed by atoms with Crippen molar-refractivity contribution in [1.82, 2.24) is 9.80 Å². The summed E-state index contributed by atoms with van der Waals surface area (Å²) < 4.78 is 11.2. The number of amides is 1. The summed E-state index contributed by atoms with van der Waals surface area (Å²) in [4.78, 5) is 18.7. The zero-order valence-electron chi connectivity index (χ0n) is 17.9. The molecule has 1 fully saturated rings. The van der Waals surface area contributed by atoms with E-state index < -0.39 is 0 Å². The van der Waals surface area contributed by atoms with E-state index in [1.165, 1.54) is 28.9 Å². The molecule has 1 saturated heterocycles. The van der Waals surface area contributed by atoms with Gasteiger partial charge in [0.05, 0.1) is 0 Å². The molecule has 2 aromatic rings. The normalized spacial score (nSPS) is 19.2. The first-order valence-electron chi connectivity index (χ1n) is 11.3. The van der Waals surface area contributed by atoms with Gasteiger partial charge in [-0.2, -0.15) is 0 Å². The number of ether oxygens (including phenoxy) is 2. The van der Waals surface area contributed by atoms with E-state index in [0.29, 0.717) is 19.1 Å². The average Bonchev–Trinajstić information content (AvgIpc) is 3.18. The van der Waals surface area contributed by atoms with E-state index in [9.17, 15) is 4.79 Å². The Labute approximate surface area is 188 Å². The average molecular weight is 439 g/mol. The van der Waals surface area contributed by atoms with Crippen LogP contribution in [0.3, 0.4) is 0 Å². The van der Waals surface area contributed by atoms with Crippen LogP contribution in [-0.2, 0) is 17.8 Å². The summed E-state index contributed by atoms with van der Waals surface area (Å²) in [5.41, 5.74) is 2.55. The number of carbonyl (C=O) groups is 1. The van der Waals surface area contributed by atoms with Crippen LogP contribution in [0.4, 0.5) is 0 Å². The number of benzene rings is 2. The van der Waals surface area contributed by atoms with Crippen molar-refractivity contribution in [1.29, 1.82) is 0 Å². The number of fused-ring (bicyclic) bond motifs is 2. The minimum atomic E-state index is 0.288. The van der Waals surface area contributed by atoms with Crippen molar-refractivity contribution in [3.05, 3.63) is 53.6 Å². The van der Waals surface area contributed by atoms with Gasteiger partial charge in [0.15, 0.2) is 11.5 Å². The predicted molar refractivity (Wildman–Crippen MR) is 123 cm³/mol. The lowest BCUT2D eigenvalue weighted by Gasteiger charge is -2.32. The third-order valence-corrected chi connectivity index (χ3v) is 7.74. The molecule has 0 saturated carbocycles. The number of piperidine rings is 1. The molecule has 6 heteroatoms. The van der Waals surface area contributed by atoms with Crippen LogP contribution in [-0.4, -0.2) is 54.4 Å². The highest BCUT2D eigenvalue weighted by Crippen LogP contribution is 2.37. The first-order chi connectivity index (χ1) is 15.3. The van der Waals surface area contributed by atoms with E-state index in [1.54, 1.807) is 0 Å². The van der Waals surface area contributed by atoms with Crippen molar-refractivity contribution in [2.45, 2.75) is 37.1 Å². The van der Waals surface area contributed by atoms with Gasteiger partial charge >= 0.3 is 0 Å². The quantitative estimate of drug-likeness (QED) is 0.700. The predicted octanol–water partition coefficient (Wildman–Crippen LogP) is 4.19. The Hall–Kier alpha value is -2.18. The molecule has 3 aliphatic rings. The molecule has 5 rings (SSSR count). The van der Waals surface area contributed by atoms with Crippen molar-refractivity contribution in [2.24, 2.45) is 5.92 Å². The van der Waals surface area contributed by atoms with Crippen LogP contribution in [0.25, 0.3) is 0 Å². The lowest BCUT2D eigenvalue weighted by molar-refractivity contribution is -0.132. The maximum Gasteiger partial charge on any atom is 0.231 e. The maximum absolute atomic E-state index is 12.9. The second-order valence-corrected chi connectivity index (χ2v) is 9.80. The zero-order chi connectivity index (χ0) is 21.0. The molecule has 0 aliphatic carbocycles. The summed E-state index contributed by atoms with van der Waals surface area (Å²) in [6, 6.07) is 14.7. The van der Waals surface area contributed by atoms with Gasteiger partial charge in [-0.3, -0.25) is 4.79 Å². The summed E-state index contributed by atoms with van der Waals surface area (Å²) in [5.74, 6) is 3.75. The topological polar surface area (TPSA) is 42.0 Å². The summed E-state index contributed by atoms with van der Waals surface area (Å²) >= 11 is 1.86. The highest BCUT2D eigenvalue weighted by molar-refractivity contribution is 7.99. The van der Waals surface area contributed by atoms with Crippen LogP contribution < -0.4 is 9.47 Å². The number of thioether (sulfide) groups is 1. The standard InChI is InChI=1S/C25H30N2O3S/c28-24(27-14-15-31-23-7-2-1-4-21(23)17-27)10-13-26-11-8-19(9-12-26)16-20-5-3-6-22-25(20)30-18-29-22/h1-7,19H,8-18H2. The third kappa shape index (κ3) is 4.85. The molecule has 164 valence electrons. The largest absolute Gasteiger partial charge is 0.454 e. The van der Waals surface area contributed by atoms with Gasteiger partial charge in [0.1, 0.15) is 0 Å². The number of para-hydroxylation sites is 1. The molecule has 3 aliphatic heterocycles. The molecule has 0 spiro atoms. The van der Waals surface area contributed by atoms with E-state index in [2.05, 4.69) is 41.3 Å². The first-order valence-corrected chi connectivity index (χ1v) is 12.3. The van der Waals surface area contributed by atoms with Crippen LogP contribution in [0.15, 0.2) is 47.4 Å². The van der Waals surface area contributed by atoms with Crippen LogP contribution in [0, 0.1) is 5.92 Å². The molecule has 2 aromatic carbocycles. The summed E-state index contributed by atoms with van der Waals surface area (Å²) in [7, 11) is 0. The Balaban J connectivity index is 1.08. The van der Waals surface area contributed by atoms with E-state index in [-0.39, 0.29) is 5.91 Å². The van der Waals surface area contributed by atoms with Crippen LogP contribution in [0.5, 0.6) is 11.5 Å². The number of hydrogen-bond acceptors (Lipinski definition) is 5. The van der Waals surface area contributed by atoms with E-state index >= 15 is 0 Å². The highest BCUT2D eigenvalue weighted by Gasteiger charge is 2.25. The fraction of sp³-hybridized carbons (Fsp3) is 0.480. The van der Waals surface area contributed by atoms with Gasteiger partial charge in [-0.1, -0.05) is 30.3 Å². The second-order valence-electron chi connectivity index (χ2n) is 8.66. The van der Waals surface area contributed by atoms with Gasteiger partial charge in [-0.05, 0) is 61.5 Å². The van der Waals surface area contributed by atoms with Gasteiger partial charge in [0.2, 0.25) is 12.7 Å². The third-order valence-electron chi connectivity index (χ3n) is 6.64. The number of rotatable bonds is 5. The van der Waals surface area contributed by atoms with Gasteiger partial charge in [0.25, 0.3) is 0 Å². The van der Waals surface area contributed by atoms with E-state index in [0.717, 1.165) is 56.4 Å². The minimum absolute atomic E-state index is 0.288. The zero-order valence-corrected chi connectivity index (χ0v) is 18.7. The van der Waals surface area contributed by atoms with E-state index in [1.807, 2.05) is 22.7 Å². The van der Waals surface area contributed by atoms with Crippen LogP contribution in [0.2, 0.25) is 0 Å². The van der Waals surface area contributed by atoms with Crippen molar-refractivity contribution < 1.29 is 14.3 Å². The van der Waals surface area contributed by atoms with Crippen molar-refractivity contribution in [3.8, 4) is 11.5 Å². The van der Waals surface area contributed by atoms with E-state index in [4.69, 9.17) is 9.47 Å². The molecule has 0 bridgehead atoms. The SMILES string of the molecule is O=C(CCN1CCC(Cc2cccc3c2OCO3)CC1)N1CCSc2ccccc2C1. The fourth-order valence-corrected chi connectivity index (χ4v) is 5.85. The molecular formula is C25H30N2O3S. The Morgan fingerprint density at radius 3 is 2.81 bits per heavy atom. The van der Waals surface area contributed by atoms with Crippen LogP contribution >= 0.6 is 11.8 Å². The molecule has 0 aromatic heterocycles. The summed E-state index contributed by atoms with van der Waals surface area (Å²) in [6.07, 6.45) is 4.01. The number of nitrogens with zero attached hydrogens (tertiary/aromatic N) is 2.